The molecule has 0 aliphatic carbocycles. The lowest BCUT2D eigenvalue weighted by Gasteiger charge is -2.09. The van der Waals surface area contributed by atoms with E-state index in [-0.39, 0.29) is 12.3 Å². The Morgan fingerprint density at radius 3 is 2.81 bits per heavy atom. The lowest BCUT2D eigenvalue weighted by atomic mass is 10.1. The van der Waals surface area contributed by atoms with E-state index in [1.807, 2.05) is 0 Å². The quantitative estimate of drug-likeness (QED) is 0.722. The van der Waals surface area contributed by atoms with Crippen molar-refractivity contribution in [1.82, 2.24) is 15.2 Å². The summed E-state index contributed by atoms with van der Waals surface area (Å²) < 4.78 is 0. The monoisotopic (exact) mass is 390 g/mol. The van der Waals surface area contributed by atoms with Gasteiger partial charge in [-0.1, -0.05) is 17.4 Å². The van der Waals surface area contributed by atoms with Crippen LogP contribution in [-0.4, -0.2) is 39.1 Å². The molecule has 9 nitrogen and oxygen atoms in total. The van der Waals surface area contributed by atoms with E-state index in [1.165, 1.54) is 35.0 Å². The maximum Gasteiger partial charge on any atom is 0.262 e. The van der Waals surface area contributed by atoms with Crippen molar-refractivity contribution in [2.45, 2.75) is 19.8 Å². The van der Waals surface area contributed by atoms with Crippen LogP contribution in [0.2, 0.25) is 0 Å². The number of carbonyl (C=O) groups excluding carboxylic acids is 3. The zero-order valence-corrected chi connectivity index (χ0v) is 15.3. The van der Waals surface area contributed by atoms with Gasteiger partial charge in [0.25, 0.3) is 5.91 Å². The summed E-state index contributed by atoms with van der Waals surface area (Å²) in [6.45, 7) is 1.81. The lowest BCUT2D eigenvalue weighted by molar-refractivity contribution is -0.128. The SMILES string of the molecule is Cc1nnc(NC(=O)CCc2csc(NC(=O)C3C=CC=NC3=O)n2)s1. The molecule has 1 aliphatic heterocycles. The van der Waals surface area contributed by atoms with Gasteiger partial charge in [0.05, 0.1) is 5.69 Å². The topological polar surface area (TPSA) is 126 Å². The van der Waals surface area contributed by atoms with Crippen molar-refractivity contribution in [3.05, 3.63) is 28.2 Å². The highest BCUT2D eigenvalue weighted by Gasteiger charge is 2.25. The molecular formula is C15H14N6O3S2. The molecule has 1 aliphatic rings. The van der Waals surface area contributed by atoms with Crippen LogP contribution in [0.15, 0.2) is 22.5 Å². The molecule has 2 N–H and O–H groups in total. The number of rotatable bonds is 6. The number of allylic oxidation sites excluding steroid dienone is 1. The third-order valence-corrected chi connectivity index (χ3v) is 4.86. The van der Waals surface area contributed by atoms with Gasteiger partial charge in [0.1, 0.15) is 10.9 Å². The fraction of sp³-hybridized carbons (Fsp3) is 0.267. The van der Waals surface area contributed by atoms with Crippen LogP contribution in [0.1, 0.15) is 17.1 Å². The number of hydrogen-bond acceptors (Lipinski definition) is 8. The van der Waals surface area contributed by atoms with E-state index in [0.29, 0.717) is 22.4 Å². The number of amides is 3. The van der Waals surface area contributed by atoms with Crippen LogP contribution in [-0.2, 0) is 20.8 Å². The molecule has 0 saturated carbocycles. The van der Waals surface area contributed by atoms with Crippen LogP contribution in [0.25, 0.3) is 0 Å². The van der Waals surface area contributed by atoms with Crippen molar-refractivity contribution >= 4 is 56.9 Å². The smallest absolute Gasteiger partial charge is 0.262 e. The molecule has 0 bridgehead atoms. The Bertz CT molecular complexity index is 901. The minimum atomic E-state index is -0.937. The van der Waals surface area contributed by atoms with Crippen molar-refractivity contribution in [1.29, 1.82) is 0 Å². The standard InChI is InChI=1S/C15H14N6O3S2/c1-8-20-21-15(26-8)18-11(22)5-4-9-7-25-14(17-9)19-13(24)10-3-2-6-16-12(10)23/h2-3,6-7,10H,4-5H2,1H3,(H,17,19,24)(H,18,21,22). The van der Waals surface area contributed by atoms with E-state index in [4.69, 9.17) is 0 Å². The second-order valence-electron chi connectivity index (χ2n) is 5.29. The van der Waals surface area contributed by atoms with E-state index < -0.39 is 17.7 Å². The Balaban J connectivity index is 1.49. The number of aliphatic imine (C=N–C) groups is 1. The molecule has 3 heterocycles. The van der Waals surface area contributed by atoms with E-state index in [9.17, 15) is 14.4 Å². The van der Waals surface area contributed by atoms with Crippen molar-refractivity contribution in [3.63, 3.8) is 0 Å². The first-order valence-electron chi connectivity index (χ1n) is 7.61. The van der Waals surface area contributed by atoms with Gasteiger partial charge in [0.2, 0.25) is 16.9 Å². The Hall–Kier alpha value is -2.79. The fourth-order valence-electron chi connectivity index (χ4n) is 2.07. The minimum absolute atomic E-state index is 0.185. The van der Waals surface area contributed by atoms with Crippen molar-refractivity contribution in [2.24, 2.45) is 10.9 Å². The Kier molecular flexibility index (Phi) is 5.58. The molecule has 1 atom stereocenters. The number of thiazole rings is 1. The van der Waals surface area contributed by atoms with Gasteiger partial charge in [-0.15, -0.1) is 21.5 Å². The molecule has 0 saturated heterocycles. The molecule has 0 fully saturated rings. The van der Waals surface area contributed by atoms with Crippen LogP contribution in [0.4, 0.5) is 10.3 Å². The maximum atomic E-state index is 12.1. The molecule has 2 aromatic rings. The summed E-state index contributed by atoms with van der Waals surface area (Å²) >= 11 is 2.54. The predicted octanol–water partition coefficient (Wildman–Crippen LogP) is 1.60. The summed E-state index contributed by atoms with van der Waals surface area (Å²) in [6.07, 6.45) is 5.04. The highest BCUT2D eigenvalue weighted by molar-refractivity contribution is 7.15. The summed E-state index contributed by atoms with van der Waals surface area (Å²) in [5.41, 5.74) is 0.678. The number of hydrogen-bond donors (Lipinski definition) is 2. The number of carbonyl (C=O) groups is 3. The van der Waals surface area contributed by atoms with Crippen LogP contribution in [0.5, 0.6) is 0 Å². The van der Waals surface area contributed by atoms with Crippen LogP contribution < -0.4 is 10.6 Å². The third-order valence-electron chi connectivity index (χ3n) is 3.30. The Labute approximate surface area is 156 Å². The molecule has 0 aromatic carbocycles. The van der Waals surface area contributed by atoms with Gasteiger partial charge in [-0.05, 0) is 19.4 Å². The van der Waals surface area contributed by atoms with Gasteiger partial charge in [-0.25, -0.2) is 9.98 Å². The van der Waals surface area contributed by atoms with Gasteiger partial charge in [-0.3, -0.25) is 14.4 Å². The van der Waals surface area contributed by atoms with Crippen molar-refractivity contribution in [3.8, 4) is 0 Å². The molecule has 26 heavy (non-hydrogen) atoms. The summed E-state index contributed by atoms with van der Waals surface area (Å²) in [7, 11) is 0. The molecule has 134 valence electrons. The number of aromatic nitrogens is 3. The first kappa shape index (κ1) is 18.0. The molecular weight excluding hydrogens is 376 g/mol. The summed E-state index contributed by atoms with van der Waals surface area (Å²) in [5, 5.41) is 16.3. The molecule has 0 spiro atoms. The van der Waals surface area contributed by atoms with Crippen molar-refractivity contribution < 1.29 is 14.4 Å². The molecule has 11 heteroatoms. The normalized spacial score (nSPS) is 15.9. The molecule has 3 amide bonds. The second-order valence-corrected chi connectivity index (χ2v) is 7.33. The first-order chi connectivity index (χ1) is 12.5. The predicted molar refractivity (Wildman–Crippen MR) is 98.5 cm³/mol. The molecule has 0 radical (unpaired) electrons. The fourth-order valence-corrected chi connectivity index (χ4v) is 3.43. The summed E-state index contributed by atoms with van der Waals surface area (Å²) in [5.74, 6) is -2.11. The van der Waals surface area contributed by atoms with Crippen LogP contribution in [0, 0.1) is 12.8 Å². The van der Waals surface area contributed by atoms with Gasteiger partial charge in [0.15, 0.2) is 5.13 Å². The van der Waals surface area contributed by atoms with E-state index in [2.05, 4.69) is 30.8 Å². The first-order valence-corrected chi connectivity index (χ1v) is 9.31. The maximum absolute atomic E-state index is 12.1. The van der Waals surface area contributed by atoms with Crippen LogP contribution in [0.3, 0.4) is 0 Å². The zero-order chi connectivity index (χ0) is 18.5. The number of nitrogens with one attached hydrogen (secondary N) is 2. The molecule has 2 aromatic heterocycles. The third kappa shape index (κ3) is 4.64. The van der Waals surface area contributed by atoms with E-state index in [1.54, 1.807) is 18.4 Å². The summed E-state index contributed by atoms with van der Waals surface area (Å²) in [6, 6.07) is 0. The molecule has 1 unspecified atom stereocenters. The van der Waals surface area contributed by atoms with E-state index in [0.717, 1.165) is 5.01 Å². The minimum Gasteiger partial charge on any atom is -0.301 e. The number of dihydropyridines is 1. The van der Waals surface area contributed by atoms with Gasteiger partial charge in [-0.2, -0.15) is 0 Å². The number of anilines is 2. The lowest BCUT2D eigenvalue weighted by Crippen LogP contribution is -2.28. The average Bonchev–Trinajstić information content (AvgIpc) is 3.22. The van der Waals surface area contributed by atoms with Gasteiger partial charge < -0.3 is 10.6 Å². The number of nitrogens with zero attached hydrogens (tertiary/aromatic N) is 4. The van der Waals surface area contributed by atoms with Gasteiger partial charge in [0, 0.05) is 18.0 Å². The van der Waals surface area contributed by atoms with Crippen molar-refractivity contribution in [2.75, 3.05) is 10.6 Å². The van der Waals surface area contributed by atoms with E-state index >= 15 is 0 Å². The second kappa shape index (κ2) is 8.06. The highest BCUT2D eigenvalue weighted by Crippen LogP contribution is 2.19. The number of aryl methyl sites for hydroxylation is 2. The Morgan fingerprint density at radius 2 is 2.08 bits per heavy atom. The largest absolute Gasteiger partial charge is 0.301 e. The average molecular weight is 390 g/mol. The van der Waals surface area contributed by atoms with Crippen LogP contribution >= 0.6 is 22.7 Å². The Morgan fingerprint density at radius 1 is 1.23 bits per heavy atom. The highest BCUT2D eigenvalue weighted by atomic mass is 32.1. The van der Waals surface area contributed by atoms with Gasteiger partial charge >= 0.3 is 0 Å². The molecule has 3 rings (SSSR count). The zero-order valence-electron chi connectivity index (χ0n) is 13.6. The summed E-state index contributed by atoms with van der Waals surface area (Å²) in [4.78, 5) is 43.4.